The van der Waals surface area contributed by atoms with Crippen LogP contribution in [0.4, 0.5) is 0 Å². The number of carbonyl (C=O) groups is 1. The number of pyridine rings is 1. The van der Waals surface area contributed by atoms with Crippen LogP contribution in [-0.2, 0) is 9.53 Å². The van der Waals surface area contributed by atoms with Crippen LogP contribution in [-0.4, -0.2) is 47.6 Å². The quantitative estimate of drug-likeness (QED) is 0.905. The van der Waals surface area contributed by atoms with E-state index in [0.29, 0.717) is 25.6 Å². The standard InChI is InChI=1S/C18H29N3O2/c1-12(2)17(18-13(3)7-6-8-19-18)20-9-16(22)21-10-14(4)23-15(5)11-21/h6-8,12,14-15,17,20H,9-11H2,1-5H3/t14-,15-,17-/m1/s1. The number of amides is 1. The van der Waals surface area contributed by atoms with Gasteiger partial charge in [-0.15, -0.1) is 0 Å². The van der Waals surface area contributed by atoms with Crippen LogP contribution in [0.5, 0.6) is 0 Å². The molecule has 0 aliphatic carbocycles. The molecule has 1 aromatic rings. The molecule has 0 unspecified atom stereocenters. The molecule has 0 saturated carbocycles. The summed E-state index contributed by atoms with van der Waals surface area (Å²) in [4.78, 5) is 18.9. The Morgan fingerprint density at radius 3 is 2.61 bits per heavy atom. The summed E-state index contributed by atoms with van der Waals surface area (Å²) in [7, 11) is 0. The van der Waals surface area contributed by atoms with Gasteiger partial charge in [0, 0.05) is 19.3 Å². The molecule has 3 atom stereocenters. The minimum atomic E-state index is 0.0797. The fraction of sp³-hybridized carbons (Fsp3) is 0.667. The zero-order chi connectivity index (χ0) is 17.0. The van der Waals surface area contributed by atoms with Crippen molar-refractivity contribution in [3.05, 3.63) is 29.6 Å². The largest absolute Gasteiger partial charge is 0.372 e. The minimum absolute atomic E-state index is 0.0797. The first kappa shape index (κ1) is 17.9. The lowest BCUT2D eigenvalue weighted by Gasteiger charge is -2.36. The van der Waals surface area contributed by atoms with Crippen LogP contribution in [0.15, 0.2) is 18.3 Å². The summed E-state index contributed by atoms with van der Waals surface area (Å²) in [6, 6.07) is 4.08. The first-order chi connectivity index (χ1) is 10.9. The molecular formula is C18H29N3O2. The van der Waals surface area contributed by atoms with Crippen molar-refractivity contribution >= 4 is 5.91 Å². The lowest BCUT2D eigenvalue weighted by Crippen LogP contribution is -2.51. The van der Waals surface area contributed by atoms with Gasteiger partial charge in [0.05, 0.1) is 30.5 Å². The van der Waals surface area contributed by atoms with E-state index in [9.17, 15) is 4.79 Å². The average Bonchev–Trinajstić information content (AvgIpc) is 2.47. The van der Waals surface area contributed by atoms with E-state index in [0.717, 1.165) is 11.3 Å². The Morgan fingerprint density at radius 1 is 1.39 bits per heavy atom. The van der Waals surface area contributed by atoms with Gasteiger partial charge in [0.2, 0.25) is 5.91 Å². The Hall–Kier alpha value is -1.46. The van der Waals surface area contributed by atoms with E-state index in [1.807, 2.05) is 31.0 Å². The molecule has 0 bridgehead atoms. The number of nitrogens with one attached hydrogen (secondary N) is 1. The Labute approximate surface area is 139 Å². The zero-order valence-corrected chi connectivity index (χ0v) is 14.9. The van der Waals surface area contributed by atoms with Crippen LogP contribution >= 0.6 is 0 Å². The first-order valence-electron chi connectivity index (χ1n) is 8.46. The van der Waals surface area contributed by atoms with Crippen molar-refractivity contribution < 1.29 is 9.53 Å². The van der Waals surface area contributed by atoms with Gasteiger partial charge in [0.1, 0.15) is 0 Å². The number of carbonyl (C=O) groups excluding carboxylic acids is 1. The van der Waals surface area contributed by atoms with E-state index in [-0.39, 0.29) is 24.2 Å². The third-order valence-electron chi connectivity index (χ3n) is 4.26. The molecule has 1 aliphatic rings. The number of morpholine rings is 1. The molecule has 128 valence electrons. The monoisotopic (exact) mass is 319 g/mol. The maximum atomic E-state index is 12.5. The molecule has 23 heavy (non-hydrogen) atoms. The summed E-state index contributed by atoms with van der Waals surface area (Å²) in [5.41, 5.74) is 2.18. The normalized spacial score (nSPS) is 23.1. The summed E-state index contributed by atoms with van der Waals surface area (Å²) >= 11 is 0. The second kappa shape index (κ2) is 7.88. The fourth-order valence-electron chi connectivity index (χ4n) is 3.16. The molecule has 0 aromatic carbocycles. The second-order valence-corrected chi connectivity index (χ2v) is 6.86. The summed E-state index contributed by atoms with van der Waals surface area (Å²) in [6.45, 7) is 12.0. The van der Waals surface area contributed by atoms with Gasteiger partial charge in [-0.3, -0.25) is 15.1 Å². The maximum Gasteiger partial charge on any atom is 0.236 e. The third-order valence-corrected chi connectivity index (χ3v) is 4.26. The smallest absolute Gasteiger partial charge is 0.236 e. The van der Waals surface area contributed by atoms with Crippen LogP contribution in [0, 0.1) is 12.8 Å². The van der Waals surface area contributed by atoms with Crippen LogP contribution < -0.4 is 5.32 Å². The van der Waals surface area contributed by atoms with E-state index < -0.39 is 0 Å². The minimum Gasteiger partial charge on any atom is -0.372 e. The van der Waals surface area contributed by atoms with E-state index in [1.54, 1.807) is 0 Å². The SMILES string of the molecule is Cc1cccnc1[C@H](NCC(=O)N1C[C@@H](C)O[C@H](C)C1)C(C)C. The topological polar surface area (TPSA) is 54.5 Å². The predicted molar refractivity (Wildman–Crippen MR) is 91.1 cm³/mol. The van der Waals surface area contributed by atoms with Gasteiger partial charge in [0.25, 0.3) is 0 Å². The van der Waals surface area contributed by atoms with Crippen molar-refractivity contribution in [1.82, 2.24) is 15.2 Å². The molecule has 1 aliphatic heterocycles. The van der Waals surface area contributed by atoms with Crippen molar-refractivity contribution in [2.75, 3.05) is 19.6 Å². The van der Waals surface area contributed by atoms with Gasteiger partial charge >= 0.3 is 0 Å². The molecule has 5 heteroatoms. The molecule has 0 radical (unpaired) electrons. The average molecular weight is 319 g/mol. The Kier molecular flexibility index (Phi) is 6.13. The van der Waals surface area contributed by atoms with Gasteiger partial charge < -0.3 is 9.64 Å². The molecule has 1 fully saturated rings. The summed E-state index contributed by atoms with van der Waals surface area (Å²) < 4.78 is 5.69. The van der Waals surface area contributed by atoms with Gasteiger partial charge in [-0.25, -0.2) is 0 Å². The van der Waals surface area contributed by atoms with Crippen LogP contribution in [0.2, 0.25) is 0 Å². The highest BCUT2D eigenvalue weighted by atomic mass is 16.5. The summed E-state index contributed by atoms with van der Waals surface area (Å²) in [5, 5.41) is 3.41. The van der Waals surface area contributed by atoms with E-state index in [1.165, 1.54) is 0 Å². The van der Waals surface area contributed by atoms with E-state index in [4.69, 9.17) is 4.74 Å². The molecule has 2 rings (SSSR count). The van der Waals surface area contributed by atoms with Crippen LogP contribution in [0.1, 0.15) is 45.0 Å². The van der Waals surface area contributed by atoms with Crippen molar-refractivity contribution in [2.45, 2.75) is 52.9 Å². The first-order valence-corrected chi connectivity index (χ1v) is 8.46. The molecule has 0 spiro atoms. The molecule has 1 saturated heterocycles. The zero-order valence-electron chi connectivity index (χ0n) is 14.9. The Balaban J connectivity index is 1.99. The maximum absolute atomic E-state index is 12.5. The van der Waals surface area contributed by atoms with Gasteiger partial charge in [-0.2, -0.15) is 0 Å². The van der Waals surface area contributed by atoms with Crippen molar-refractivity contribution in [2.24, 2.45) is 5.92 Å². The summed E-state index contributed by atoms with van der Waals surface area (Å²) in [6.07, 6.45) is 2.01. The highest BCUT2D eigenvalue weighted by molar-refractivity contribution is 5.78. The third kappa shape index (κ3) is 4.75. The van der Waals surface area contributed by atoms with Gasteiger partial charge in [-0.1, -0.05) is 19.9 Å². The van der Waals surface area contributed by atoms with Crippen molar-refractivity contribution in [3.8, 4) is 0 Å². The molecule has 2 heterocycles. The molecule has 1 N–H and O–H groups in total. The highest BCUT2D eigenvalue weighted by Gasteiger charge is 2.27. The number of rotatable bonds is 5. The van der Waals surface area contributed by atoms with Gasteiger partial charge in [-0.05, 0) is 38.3 Å². The van der Waals surface area contributed by atoms with Gasteiger partial charge in [0.15, 0.2) is 0 Å². The van der Waals surface area contributed by atoms with Crippen LogP contribution in [0.25, 0.3) is 0 Å². The highest BCUT2D eigenvalue weighted by Crippen LogP contribution is 2.22. The van der Waals surface area contributed by atoms with E-state index >= 15 is 0 Å². The molecule has 1 aromatic heterocycles. The number of nitrogens with zero attached hydrogens (tertiary/aromatic N) is 2. The fourth-order valence-corrected chi connectivity index (χ4v) is 3.16. The second-order valence-electron chi connectivity index (χ2n) is 6.86. The van der Waals surface area contributed by atoms with E-state index in [2.05, 4.69) is 37.1 Å². The molecular weight excluding hydrogens is 290 g/mol. The number of aromatic nitrogens is 1. The lowest BCUT2D eigenvalue weighted by atomic mass is 9.97. The Bertz CT molecular complexity index is 523. The number of ether oxygens (including phenoxy) is 1. The van der Waals surface area contributed by atoms with Crippen molar-refractivity contribution in [3.63, 3.8) is 0 Å². The number of aryl methyl sites for hydroxylation is 1. The predicted octanol–water partition coefficient (Wildman–Crippen LogP) is 2.31. The lowest BCUT2D eigenvalue weighted by molar-refractivity contribution is -0.142. The van der Waals surface area contributed by atoms with Crippen LogP contribution in [0.3, 0.4) is 0 Å². The molecule has 1 amide bonds. The summed E-state index contributed by atoms with van der Waals surface area (Å²) in [5.74, 6) is 0.491. The molecule has 5 nitrogen and oxygen atoms in total. The number of hydrogen-bond acceptors (Lipinski definition) is 4. The number of hydrogen-bond donors (Lipinski definition) is 1. The van der Waals surface area contributed by atoms with Crippen molar-refractivity contribution in [1.29, 1.82) is 0 Å². The Morgan fingerprint density at radius 2 is 2.04 bits per heavy atom.